The van der Waals surface area contributed by atoms with Gasteiger partial charge in [-0.15, -0.1) is 0 Å². The monoisotopic (exact) mass is 327 g/mol. The molecule has 2 rings (SSSR count). The standard InChI is InChI=1S/C15H12Cl3NO/c16-12-4-1-10(2-5-12)9-19-15(20)8-11-3-6-13(17)14(18)7-11/h1-7H,8-9H2,(H,19,20). The van der Waals surface area contributed by atoms with Crippen LogP contribution in [0.5, 0.6) is 0 Å². The summed E-state index contributed by atoms with van der Waals surface area (Å²) in [5.74, 6) is -0.0710. The minimum atomic E-state index is -0.0710. The van der Waals surface area contributed by atoms with Crippen molar-refractivity contribution in [2.45, 2.75) is 13.0 Å². The zero-order valence-corrected chi connectivity index (χ0v) is 12.8. The van der Waals surface area contributed by atoms with E-state index in [0.29, 0.717) is 21.6 Å². The van der Waals surface area contributed by atoms with Gasteiger partial charge in [-0.2, -0.15) is 0 Å². The zero-order valence-electron chi connectivity index (χ0n) is 10.5. The van der Waals surface area contributed by atoms with Crippen LogP contribution in [-0.4, -0.2) is 5.91 Å². The average Bonchev–Trinajstić information content (AvgIpc) is 2.42. The zero-order chi connectivity index (χ0) is 14.5. The number of amides is 1. The van der Waals surface area contributed by atoms with Gasteiger partial charge in [0.05, 0.1) is 16.5 Å². The number of halogens is 3. The molecule has 1 amide bonds. The lowest BCUT2D eigenvalue weighted by atomic mass is 10.1. The summed E-state index contributed by atoms with van der Waals surface area (Å²) in [6.07, 6.45) is 0.268. The molecule has 1 N–H and O–H groups in total. The van der Waals surface area contributed by atoms with E-state index in [1.165, 1.54) is 0 Å². The van der Waals surface area contributed by atoms with E-state index in [1.807, 2.05) is 12.1 Å². The van der Waals surface area contributed by atoms with Crippen molar-refractivity contribution >= 4 is 40.7 Å². The number of hydrogen-bond donors (Lipinski definition) is 1. The Morgan fingerprint density at radius 2 is 1.55 bits per heavy atom. The highest BCUT2D eigenvalue weighted by molar-refractivity contribution is 6.42. The lowest BCUT2D eigenvalue weighted by Crippen LogP contribution is -2.24. The fraction of sp³-hybridized carbons (Fsp3) is 0.133. The van der Waals surface area contributed by atoms with Gasteiger partial charge in [-0.05, 0) is 35.4 Å². The Labute approximate surface area is 132 Å². The van der Waals surface area contributed by atoms with Crippen LogP contribution < -0.4 is 5.32 Å². The number of hydrogen-bond acceptors (Lipinski definition) is 1. The van der Waals surface area contributed by atoms with E-state index in [0.717, 1.165) is 11.1 Å². The van der Waals surface area contributed by atoms with Gasteiger partial charge < -0.3 is 5.32 Å². The number of carbonyl (C=O) groups is 1. The van der Waals surface area contributed by atoms with Crippen LogP contribution in [0, 0.1) is 0 Å². The predicted molar refractivity (Wildman–Crippen MR) is 83.5 cm³/mol. The Bertz CT molecular complexity index is 611. The van der Waals surface area contributed by atoms with Crippen molar-refractivity contribution in [3.8, 4) is 0 Å². The van der Waals surface area contributed by atoms with E-state index in [1.54, 1.807) is 30.3 Å². The third kappa shape index (κ3) is 4.41. The van der Waals surface area contributed by atoms with Gasteiger partial charge in [0.1, 0.15) is 0 Å². The molecule has 2 aromatic carbocycles. The molecule has 0 saturated carbocycles. The summed E-state index contributed by atoms with van der Waals surface area (Å²) in [5, 5.41) is 4.46. The van der Waals surface area contributed by atoms with E-state index in [4.69, 9.17) is 34.8 Å². The summed E-state index contributed by atoms with van der Waals surface area (Å²) >= 11 is 17.5. The Kier molecular flexibility index (Phi) is 5.30. The second-order valence-electron chi connectivity index (χ2n) is 4.33. The molecule has 0 aromatic heterocycles. The summed E-state index contributed by atoms with van der Waals surface area (Å²) in [4.78, 5) is 11.8. The molecule has 0 aliphatic heterocycles. The molecule has 0 aliphatic rings. The van der Waals surface area contributed by atoms with Crippen LogP contribution in [-0.2, 0) is 17.8 Å². The molecule has 0 spiro atoms. The van der Waals surface area contributed by atoms with Crippen LogP contribution >= 0.6 is 34.8 Å². The number of rotatable bonds is 4. The molecule has 2 aromatic rings. The van der Waals surface area contributed by atoms with Crippen molar-refractivity contribution in [1.29, 1.82) is 0 Å². The highest BCUT2D eigenvalue weighted by Crippen LogP contribution is 2.22. The van der Waals surface area contributed by atoms with Crippen LogP contribution in [0.4, 0.5) is 0 Å². The predicted octanol–water partition coefficient (Wildman–Crippen LogP) is 4.51. The van der Waals surface area contributed by atoms with E-state index < -0.39 is 0 Å². The second kappa shape index (κ2) is 6.98. The maximum atomic E-state index is 11.8. The number of nitrogens with one attached hydrogen (secondary N) is 1. The summed E-state index contributed by atoms with van der Waals surface area (Å²) in [7, 11) is 0. The molecular formula is C15H12Cl3NO. The fourth-order valence-electron chi connectivity index (χ4n) is 1.70. The van der Waals surface area contributed by atoms with Crippen molar-refractivity contribution in [2.24, 2.45) is 0 Å². The van der Waals surface area contributed by atoms with Gasteiger partial charge in [0.15, 0.2) is 0 Å². The van der Waals surface area contributed by atoms with Gasteiger partial charge >= 0.3 is 0 Å². The van der Waals surface area contributed by atoms with Gasteiger partial charge in [0.25, 0.3) is 0 Å². The van der Waals surface area contributed by atoms with E-state index in [9.17, 15) is 4.79 Å². The lowest BCUT2D eigenvalue weighted by Gasteiger charge is -2.06. The minimum absolute atomic E-state index is 0.0710. The van der Waals surface area contributed by atoms with Crippen LogP contribution in [0.1, 0.15) is 11.1 Å². The Morgan fingerprint density at radius 3 is 2.20 bits per heavy atom. The Hall–Kier alpha value is -1.22. The normalized spacial score (nSPS) is 10.3. The smallest absolute Gasteiger partial charge is 0.224 e. The molecule has 2 nitrogen and oxygen atoms in total. The third-order valence-corrected chi connectivity index (χ3v) is 3.74. The van der Waals surface area contributed by atoms with Crippen molar-refractivity contribution in [3.63, 3.8) is 0 Å². The van der Waals surface area contributed by atoms with Crippen LogP contribution in [0.15, 0.2) is 42.5 Å². The summed E-state index contributed by atoms with van der Waals surface area (Å²) in [5.41, 5.74) is 1.82. The van der Waals surface area contributed by atoms with Crippen molar-refractivity contribution < 1.29 is 4.79 Å². The number of benzene rings is 2. The topological polar surface area (TPSA) is 29.1 Å². The SMILES string of the molecule is O=C(Cc1ccc(Cl)c(Cl)c1)NCc1ccc(Cl)cc1. The molecule has 5 heteroatoms. The van der Waals surface area contributed by atoms with Crippen molar-refractivity contribution in [3.05, 3.63) is 68.7 Å². The Morgan fingerprint density at radius 1 is 0.900 bits per heavy atom. The minimum Gasteiger partial charge on any atom is -0.352 e. The largest absolute Gasteiger partial charge is 0.352 e. The third-order valence-electron chi connectivity index (χ3n) is 2.75. The van der Waals surface area contributed by atoms with Gasteiger partial charge in [-0.3, -0.25) is 4.79 Å². The highest BCUT2D eigenvalue weighted by atomic mass is 35.5. The summed E-state index contributed by atoms with van der Waals surface area (Å²) in [6, 6.07) is 12.5. The quantitative estimate of drug-likeness (QED) is 0.879. The van der Waals surface area contributed by atoms with E-state index >= 15 is 0 Å². The summed E-state index contributed by atoms with van der Waals surface area (Å²) < 4.78 is 0. The first kappa shape index (κ1) is 15.2. The van der Waals surface area contributed by atoms with E-state index in [-0.39, 0.29) is 12.3 Å². The molecule has 20 heavy (non-hydrogen) atoms. The molecule has 0 unspecified atom stereocenters. The molecule has 0 fully saturated rings. The van der Waals surface area contributed by atoms with Gasteiger partial charge in [0.2, 0.25) is 5.91 Å². The molecule has 0 aliphatic carbocycles. The molecule has 0 atom stereocenters. The molecule has 0 radical (unpaired) electrons. The van der Waals surface area contributed by atoms with Gasteiger partial charge in [-0.1, -0.05) is 53.0 Å². The van der Waals surface area contributed by atoms with Gasteiger partial charge in [-0.25, -0.2) is 0 Å². The maximum absolute atomic E-state index is 11.8. The molecule has 0 saturated heterocycles. The first-order valence-electron chi connectivity index (χ1n) is 5.99. The summed E-state index contributed by atoms with van der Waals surface area (Å²) in [6.45, 7) is 0.470. The second-order valence-corrected chi connectivity index (χ2v) is 5.58. The Balaban J connectivity index is 1.89. The van der Waals surface area contributed by atoms with Crippen molar-refractivity contribution in [1.82, 2.24) is 5.32 Å². The van der Waals surface area contributed by atoms with Crippen LogP contribution in [0.3, 0.4) is 0 Å². The van der Waals surface area contributed by atoms with Crippen molar-refractivity contribution in [2.75, 3.05) is 0 Å². The first-order valence-corrected chi connectivity index (χ1v) is 7.13. The fourth-order valence-corrected chi connectivity index (χ4v) is 2.15. The first-order chi connectivity index (χ1) is 9.54. The molecule has 0 bridgehead atoms. The average molecular weight is 329 g/mol. The lowest BCUT2D eigenvalue weighted by molar-refractivity contribution is -0.120. The number of carbonyl (C=O) groups excluding carboxylic acids is 1. The van der Waals surface area contributed by atoms with Crippen LogP contribution in [0.2, 0.25) is 15.1 Å². The molecule has 104 valence electrons. The molecular weight excluding hydrogens is 317 g/mol. The molecule has 0 heterocycles. The van der Waals surface area contributed by atoms with Gasteiger partial charge in [0, 0.05) is 11.6 Å². The van der Waals surface area contributed by atoms with Crippen LogP contribution in [0.25, 0.3) is 0 Å². The highest BCUT2D eigenvalue weighted by Gasteiger charge is 2.05. The maximum Gasteiger partial charge on any atom is 0.224 e. The van der Waals surface area contributed by atoms with E-state index in [2.05, 4.69) is 5.32 Å².